The summed E-state index contributed by atoms with van der Waals surface area (Å²) in [7, 11) is 3.95. The normalized spacial score (nSPS) is 25.9. The van der Waals surface area contributed by atoms with Crippen LogP contribution in [0.25, 0.3) is 10.8 Å². The van der Waals surface area contributed by atoms with E-state index < -0.39 is 0 Å². The van der Waals surface area contributed by atoms with Crippen LogP contribution in [0, 0.1) is 11.8 Å². The molecule has 0 unspecified atom stereocenters. The molecule has 0 radical (unpaired) electrons. The SMILES string of the molecule is COc1ccc2ccccc2c1CN(C)[C@H]1C[C@H]2CNC(=O)C[C@H]2C1. The molecule has 1 heterocycles. The molecule has 1 aliphatic heterocycles. The Morgan fingerprint density at radius 2 is 1.96 bits per heavy atom. The number of carbonyl (C=O) groups is 1. The molecule has 25 heavy (non-hydrogen) atoms. The third-order valence-electron chi connectivity index (χ3n) is 6.07. The fourth-order valence-corrected chi connectivity index (χ4v) is 4.64. The molecule has 1 N–H and O–H groups in total. The molecule has 1 amide bonds. The third-order valence-corrected chi connectivity index (χ3v) is 6.07. The van der Waals surface area contributed by atoms with Gasteiger partial charge in [-0.1, -0.05) is 30.3 Å². The lowest BCUT2D eigenvalue weighted by molar-refractivity contribution is -0.124. The lowest BCUT2D eigenvalue weighted by Crippen LogP contribution is -2.38. The van der Waals surface area contributed by atoms with Crippen molar-refractivity contribution in [3.05, 3.63) is 42.0 Å². The Morgan fingerprint density at radius 3 is 2.80 bits per heavy atom. The van der Waals surface area contributed by atoms with E-state index in [-0.39, 0.29) is 5.91 Å². The number of carbonyl (C=O) groups excluding carboxylic acids is 1. The van der Waals surface area contributed by atoms with Gasteiger partial charge in [-0.15, -0.1) is 0 Å². The zero-order valence-electron chi connectivity index (χ0n) is 15.0. The van der Waals surface area contributed by atoms with Crippen LogP contribution in [0.5, 0.6) is 5.75 Å². The van der Waals surface area contributed by atoms with Crippen molar-refractivity contribution < 1.29 is 9.53 Å². The number of hydrogen-bond acceptors (Lipinski definition) is 3. The highest BCUT2D eigenvalue weighted by molar-refractivity contribution is 5.87. The lowest BCUT2D eigenvalue weighted by Gasteiger charge is -2.26. The summed E-state index contributed by atoms with van der Waals surface area (Å²) in [6.07, 6.45) is 3.00. The van der Waals surface area contributed by atoms with Gasteiger partial charge in [0.2, 0.25) is 5.91 Å². The highest BCUT2D eigenvalue weighted by Gasteiger charge is 2.39. The van der Waals surface area contributed by atoms with Crippen LogP contribution in [0.2, 0.25) is 0 Å². The number of nitrogens with zero attached hydrogens (tertiary/aromatic N) is 1. The summed E-state index contributed by atoms with van der Waals surface area (Å²) in [6.45, 7) is 1.72. The number of piperidine rings is 1. The summed E-state index contributed by atoms with van der Waals surface area (Å²) in [5, 5.41) is 5.54. The second-order valence-electron chi connectivity index (χ2n) is 7.54. The van der Waals surface area contributed by atoms with Crippen LogP contribution < -0.4 is 10.1 Å². The van der Waals surface area contributed by atoms with Crippen LogP contribution in [-0.2, 0) is 11.3 Å². The smallest absolute Gasteiger partial charge is 0.220 e. The third kappa shape index (κ3) is 3.11. The van der Waals surface area contributed by atoms with Gasteiger partial charge in [0, 0.05) is 31.1 Å². The van der Waals surface area contributed by atoms with E-state index >= 15 is 0 Å². The number of hydrogen-bond donors (Lipinski definition) is 1. The van der Waals surface area contributed by atoms with Gasteiger partial charge >= 0.3 is 0 Å². The second kappa shape index (κ2) is 6.68. The Hall–Kier alpha value is -2.07. The minimum Gasteiger partial charge on any atom is -0.496 e. The molecule has 4 rings (SSSR count). The number of rotatable bonds is 4. The minimum atomic E-state index is 0.222. The molecule has 0 spiro atoms. The predicted molar refractivity (Wildman–Crippen MR) is 99.6 cm³/mol. The van der Waals surface area contributed by atoms with E-state index in [1.165, 1.54) is 22.8 Å². The van der Waals surface area contributed by atoms with Crippen LogP contribution >= 0.6 is 0 Å². The summed E-state index contributed by atoms with van der Waals surface area (Å²) in [6, 6.07) is 13.2. The number of fused-ring (bicyclic) bond motifs is 2. The van der Waals surface area contributed by atoms with Gasteiger partial charge in [0.05, 0.1) is 7.11 Å². The Labute approximate surface area is 149 Å². The molecule has 2 aromatic carbocycles. The molecule has 4 heteroatoms. The van der Waals surface area contributed by atoms with Gasteiger partial charge in [-0.2, -0.15) is 0 Å². The van der Waals surface area contributed by atoms with Crippen molar-refractivity contribution >= 4 is 16.7 Å². The van der Waals surface area contributed by atoms with E-state index in [0.717, 1.165) is 25.3 Å². The lowest BCUT2D eigenvalue weighted by atomic mass is 9.89. The van der Waals surface area contributed by atoms with Crippen molar-refractivity contribution in [1.29, 1.82) is 0 Å². The molecule has 3 atom stereocenters. The maximum absolute atomic E-state index is 11.7. The van der Waals surface area contributed by atoms with E-state index in [1.807, 2.05) is 0 Å². The van der Waals surface area contributed by atoms with Crippen LogP contribution in [0.1, 0.15) is 24.8 Å². The predicted octanol–water partition coefficient (Wildman–Crippen LogP) is 3.19. The van der Waals surface area contributed by atoms with Crippen LogP contribution in [0.4, 0.5) is 0 Å². The van der Waals surface area contributed by atoms with Crippen molar-refractivity contribution in [2.45, 2.75) is 31.8 Å². The summed E-state index contributed by atoms with van der Waals surface area (Å²) in [5.41, 5.74) is 1.26. The highest BCUT2D eigenvalue weighted by Crippen LogP contribution is 2.39. The number of nitrogens with one attached hydrogen (secondary N) is 1. The molecule has 2 aliphatic rings. The molecule has 0 aromatic heterocycles. The monoisotopic (exact) mass is 338 g/mol. The van der Waals surface area contributed by atoms with E-state index in [0.29, 0.717) is 24.3 Å². The molecular weight excluding hydrogens is 312 g/mol. The summed E-state index contributed by atoms with van der Waals surface area (Å²) in [5.74, 6) is 2.37. The summed E-state index contributed by atoms with van der Waals surface area (Å²) in [4.78, 5) is 14.1. The first-order valence-corrected chi connectivity index (χ1v) is 9.17. The van der Waals surface area contributed by atoms with Crippen LogP contribution in [0.3, 0.4) is 0 Å². The van der Waals surface area contributed by atoms with Crippen LogP contribution in [-0.4, -0.2) is 37.6 Å². The zero-order valence-corrected chi connectivity index (χ0v) is 15.0. The highest BCUT2D eigenvalue weighted by atomic mass is 16.5. The van der Waals surface area contributed by atoms with Crippen molar-refractivity contribution in [1.82, 2.24) is 10.2 Å². The van der Waals surface area contributed by atoms with Crippen molar-refractivity contribution in [2.24, 2.45) is 11.8 Å². The second-order valence-corrected chi connectivity index (χ2v) is 7.54. The van der Waals surface area contributed by atoms with E-state index in [4.69, 9.17) is 4.74 Å². The van der Waals surface area contributed by atoms with E-state index in [2.05, 4.69) is 53.7 Å². The van der Waals surface area contributed by atoms with E-state index in [1.54, 1.807) is 7.11 Å². The molecule has 2 fully saturated rings. The topological polar surface area (TPSA) is 41.6 Å². The maximum atomic E-state index is 11.7. The van der Waals surface area contributed by atoms with Gasteiger partial charge < -0.3 is 10.1 Å². The number of benzene rings is 2. The van der Waals surface area contributed by atoms with Crippen molar-refractivity contribution in [3.8, 4) is 5.75 Å². The molecule has 4 nitrogen and oxygen atoms in total. The fourth-order valence-electron chi connectivity index (χ4n) is 4.64. The molecule has 1 saturated carbocycles. The first-order chi connectivity index (χ1) is 12.2. The average molecular weight is 338 g/mol. The van der Waals surface area contributed by atoms with Gasteiger partial charge in [0.1, 0.15) is 5.75 Å². The Kier molecular flexibility index (Phi) is 4.38. The first kappa shape index (κ1) is 16.4. The van der Waals surface area contributed by atoms with Gasteiger partial charge in [-0.3, -0.25) is 9.69 Å². The van der Waals surface area contributed by atoms with Gasteiger partial charge in [-0.25, -0.2) is 0 Å². The largest absolute Gasteiger partial charge is 0.496 e. The van der Waals surface area contributed by atoms with E-state index in [9.17, 15) is 4.79 Å². The molecular formula is C21H26N2O2. The molecule has 132 valence electrons. The van der Waals surface area contributed by atoms with Crippen molar-refractivity contribution in [3.63, 3.8) is 0 Å². The zero-order chi connectivity index (χ0) is 17.4. The summed E-state index contributed by atoms with van der Waals surface area (Å²) >= 11 is 0. The van der Waals surface area contributed by atoms with Crippen LogP contribution in [0.15, 0.2) is 36.4 Å². The maximum Gasteiger partial charge on any atom is 0.220 e. The fraction of sp³-hybridized carbons (Fsp3) is 0.476. The van der Waals surface area contributed by atoms with Gasteiger partial charge in [-0.05, 0) is 48.6 Å². The van der Waals surface area contributed by atoms with Gasteiger partial charge in [0.25, 0.3) is 0 Å². The Balaban J connectivity index is 1.56. The molecule has 2 aromatic rings. The van der Waals surface area contributed by atoms with Crippen molar-refractivity contribution in [2.75, 3.05) is 20.7 Å². The number of methoxy groups -OCH3 is 1. The average Bonchev–Trinajstić information content (AvgIpc) is 3.05. The Morgan fingerprint density at radius 1 is 1.16 bits per heavy atom. The molecule has 1 aliphatic carbocycles. The molecule has 0 bridgehead atoms. The number of ether oxygens (including phenoxy) is 1. The summed E-state index contributed by atoms with van der Waals surface area (Å²) < 4.78 is 5.64. The minimum absolute atomic E-state index is 0.222. The molecule has 1 saturated heterocycles. The van der Waals surface area contributed by atoms with Gasteiger partial charge in [0.15, 0.2) is 0 Å². The first-order valence-electron chi connectivity index (χ1n) is 9.17. The Bertz CT molecular complexity index is 789. The number of amides is 1. The standard InChI is InChI=1S/C21H26N2O2/c1-23(17-9-15-11-21(24)22-12-16(15)10-17)13-19-18-6-4-3-5-14(18)7-8-20(19)25-2/h3-8,15-17H,9-13H2,1-2H3,(H,22,24)/t15-,16+,17-/m1/s1. The quantitative estimate of drug-likeness (QED) is 0.931.